The number of unbranched alkanes of at least 4 members (excludes halogenated alkanes) is 11. The molecule has 0 spiro atoms. The van der Waals surface area contributed by atoms with Crippen LogP contribution in [0.5, 0.6) is 0 Å². The highest BCUT2D eigenvalue weighted by atomic mass is 14.3. The Kier molecular flexibility index (Phi) is 15.1. The standard InChI is InChI=1S/C24H48/c1-3-5-7-9-10-11-12-13-16-20-23(19-15-8-6-4-2)24-21-17-14-18-22-24/h23-24H,3-22H2,1-2H3. The van der Waals surface area contributed by atoms with Gasteiger partial charge in [0.1, 0.15) is 0 Å². The summed E-state index contributed by atoms with van der Waals surface area (Å²) in [6.45, 7) is 4.64. The molecule has 1 aliphatic carbocycles. The van der Waals surface area contributed by atoms with Gasteiger partial charge >= 0.3 is 0 Å². The summed E-state index contributed by atoms with van der Waals surface area (Å²) in [5, 5.41) is 0. The molecule has 1 saturated carbocycles. The van der Waals surface area contributed by atoms with Gasteiger partial charge in [0.05, 0.1) is 0 Å². The van der Waals surface area contributed by atoms with Gasteiger partial charge in [-0.15, -0.1) is 0 Å². The lowest BCUT2D eigenvalue weighted by Crippen LogP contribution is -2.18. The molecule has 0 heterocycles. The van der Waals surface area contributed by atoms with Gasteiger partial charge in [0, 0.05) is 0 Å². The van der Waals surface area contributed by atoms with E-state index in [0.29, 0.717) is 0 Å². The fourth-order valence-corrected chi connectivity index (χ4v) is 4.77. The molecular formula is C24H48. The monoisotopic (exact) mass is 336 g/mol. The smallest absolute Gasteiger partial charge is 0.0386 e. The third-order valence-corrected chi connectivity index (χ3v) is 6.42. The largest absolute Gasteiger partial charge is 0.0654 e. The third kappa shape index (κ3) is 11.5. The molecule has 1 fully saturated rings. The van der Waals surface area contributed by atoms with Crippen LogP contribution in [0.1, 0.15) is 142 Å². The lowest BCUT2D eigenvalue weighted by atomic mass is 9.75. The van der Waals surface area contributed by atoms with E-state index in [1.165, 1.54) is 103 Å². The molecule has 1 atom stereocenters. The minimum atomic E-state index is 1.08. The Morgan fingerprint density at radius 3 is 1.46 bits per heavy atom. The van der Waals surface area contributed by atoms with E-state index < -0.39 is 0 Å². The van der Waals surface area contributed by atoms with Crippen LogP contribution in [0.3, 0.4) is 0 Å². The van der Waals surface area contributed by atoms with Crippen LogP contribution in [0, 0.1) is 11.8 Å². The maximum atomic E-state index is 2.33. The topological polar surface area (TPSA) is 0 Å². The molecule has 1 unspecified atom stereocenters. The maximum absolute atomic E-state index is 2.33. The first-order chi connectivity index (χ1) is 11.9. The Morgan fingerprint density at radius 2 is 0.958 bits per heavy atom. The van der Waals surface area contributed by atoms with Crippen LogP contribution in [-0.2, 0) is 0 Å². The number of hydrogen-bond donors (Lipinski definition) is 0. The molecular weight excluding hydrogens is 288 g/mol. The van der Waals surface area contributed by atoms with Gasteiger partial charge in [-0.25, -0.2) is 0 Å². The molecule has 0 nitrogen and oxygen atoms in total. The van der Waals surface area contributed by atoms with Crippen LogP contribution in [0.25, 0.3) is 0 Å². The van der Waals surface area contributed by atoms with E-state index in [1.54, 1.807) is 25.7 Å². The van der Waals surface area contributed by atoms with Crippen LogP contribution < -0.4 is 0 Å². The van der Waals surface area contributed by atoms with Crippen LogP contribution in [0.15, 0.2) is 0 Å². The second-order valence-corrected chi connectivity index (χ2v) is 8.62. The molecule has 0 aromatic rings. The Hall–Kier alpha value is 0. The van der Waals surface area contributed by atoms with E-state index >= 15 is 0 Å². The van der Waals surface area contributed by atoms with Crippen molar-refractivity contribution in [3.05, 3.63) is 0 Å². The fourth-order valence-electron chi connectivity index (χ4n) is 4.77. The molecule has 0 heteroatoms. The Balaban J connectivity index is 2.09. The SMILES string of the molecule is CCCCCCCCCCCC(CCCCCC)C1CCCCC1. The summed E-state index contributed by atoms with van der Waals surface area (Å²) in [6.07, 6.45) is 29.9. The van der Waals surface area contributed by atoms with Crippen LogP contribution in [0.4, 0.5) is 0 Å². The van der Waals surface area contributed by atoms with Gasteiger partial charge in [0.2, 0.25) is 0 Å². The average molecular weight is 337 g/mol. The van der Waals surface area contributed by atoms with Gasteiger partial charge in [0.15, 0.2) is 0 Å². The van der Waals surface area contributed by atoms with Crippen molar-refractivity contribution in [3.63, 3.8) is 0 Å². The first-order valence-electron chi connectivity index (χ1n) is 11.9. The predicted octanol–water partition coefficient (Wildman–Crippen LogP) is 9.07. The molecule has 0 saturated heterocycles. The lowest BCUT2D eigenvalue weighted by Gasteiger charge is -2.30. The third-order valence-electron chi connectivity index (χ3n) is 6.42. The maximum Gasteiger partial charge on any atom is -0.0386 e. The fraction of sp³-hybridized carbons (Fsp3) is 1.00. The van der Waals surface area contributed by atoms with E-state index in [1.807, 2.05) is 0 Å². The predicted molar refractivity (Wildman–Crippen MR) is 111 cm³/mol. The van der Waals surface area contributed by atoms with Crippen LogP contribution >= 0.6 is 0 Å². The van der Waals surface area contributed by atoms with Gasteiger partial charge in [-0.05, 0) is 11.8 Å². The van der Waals surface area contributed by atoms with Gasteiger partial charge < -0.3 is 0 Å². The molecule has 0 aromatic carbocycles. The Labute approximate surface area is 154 Å². The quantitative estimate of drug-likeness (QED) is 0.246. The highest BCUT2D eigenvalue weighted by Crippen LogP contribution is 2.35. The lowest BCUT2D eigenvalue weighted by molar-refractivity contribution is 0.215. The molecule has 0 amide bonds. The van der Waals surface area contributed by atoms with E-state index in [4.69, 9.17) is 0 Å². The summed E-state index contributed by atoms with van der Waals surface area (Å²) in [5.41, 5.74) is 0. The van der Waals surface area contributed by atoms with E-state index in [-0.39, 0.29) is 0 Å². The molecule has 144 valence electrons. The minimum absolute atomic E-state index is 1.08. The molecule has 0 bridgehead atoms. The summed E-state index contributed by atoms with van der Waals surface area (Å²) in [4.78, 5) is 0. The van der Waals surface area contributed by atoms with E-state index in [9.17, 15) is 0 Å². The van der Waals surface area contributed by atoms with Crippen molar-refractivity contribution in [2.24, 2.45) is 11.8 Å². The van der Waals surface area contributed by atoms with E-state index in [2.05, 4.69) is 13.8 Å². The zero-order chi connectivity index (χ0) is 17.3. The zero-order valence-corrected chi connectivity index (χ0v) is 17.3. The van der Waals surface area contributed by atoms with Gasteiger partial charge in [-0.3, -0.25) is 0 Å². The van der Waals surface area contributed by atoms with Gasteiger partial charge in [-0.1, -0.05) is 142 Å². The zero-order valence-electron chi connectivity index (χ0n) is 17.3. The first kappa shape index (κ1) is 22.0. The van der Waals surface area contributed by atoms with E-state index in [0.717, 1.165) is 11.8 Å². The molecule has 1 aliphatic rings. The summed E-state index contributed by atoms with van der Waals surface area (Å²) >= 11 is 0. The second-order valence-electron chi connectivity index (χ2n) is 8.62. The molecule has 1 rings (SSSR count). The highest BCUT2D eigenvalue weighted by molar-refractivity contribution is 4.74. The van der Waals surface area contributed by atoms with Gasteiger partial charge in [0.25, 0.3) is 0 Å². The highest BCUT2D eigenvalue weighted by Gasteiger charge is 2.22. The minimum Gasteiger partial charge on any atom is -0.0654 e. The molecule has 0 aromatic heterocycles. The first-order valence-corrected chi connectivity index (χ1v) is 11.9. The van der Waals surface area contributed by atoms with Crippen molar-refractivity contribution in [1.82, 2.24) is 0 Å². The van der Waals surface area contributed by atoms with Crippen LogP contribution in [-0.4, -0.2) is 0 Å². The number of rotatable bonds is 16. The molecule has 0 radical (unpaired) electrons. The normalized spacial score (nSPS) is 17.2. The summed E-state index contributed by atoms with van der Waals surface area (Å²) < 4.78 is 0. The van der Waals surface area contributed by atoms with Crippen molar-refractivity contribution in [2.75, 3.05) is 0 Å². The summed E-state index contributed by atoms with van der Waals surface area (Å²) in [6, 6.07) is 0. The summed E-state index contributed by atoms with van der Waals surface area (Å²) in [5.74, 6) is 2.17. The average Bonchev–Trinajstić information content (AvgIpc) is 2.63. The molecule has 24 heavy (non-hydrogen) atoms. The van der Waals surface area contributed by atoms with Gasteiger partial charge in [-0.2, -0.15) is 0 Å². The Morgan fingerprint density at radius 1 is 0.542 bits per heavy atom. The van der Waals surface area contributed by atoms with Crippen molar-refractivity contribution in [1.29, 1.82) is 0 Å². The Bertz CT molecular complexity index is 238. The van der Waals surface area contributed by atoms with Crippen molar-refractivity contribution in [3.8, 4) is 0 Å². The van der Waals surface area contributed by atoms with Crippen LogP contribution in [0.2, 0.25) is 0 Å². The van der Waals surface area contributed by atoms with Crippen molar-refractivity contribution in [2.45, 2.75) is 142 Å². The molecule has 0 aliphatic heterocycles. The number of hydrogen-bond acceptors (Lipinski definition) is 0. The second kappa shape index (κ2) is 16.5. The van der Waals surface area contributed by atoms with Crippen molar-refractivity contribution >= 4 is 0 Å². The summed E-state index contributed by atoms with van der Waals surface area (Å²) in [7, 11) is 0. The molecule has 0 N–H and O–H groups in total. The van der Waals surface area contributed by atoms with Crippen molar-refractivity contribution < 1.29 is 0 Å².